The van der Waals surface area contributed by atoms with Crippen LogP contribution in [0.3, 0.4) is 0 Å². The molecule has 10 heteroatoms. The summed E-state index contributed by atoms with van der Waals surface area (Å²) in [4.78, 5) is 0.748. The third-order valence-corrected chi connectivity index (χ3v) is 6.50. The molecule has 0 aliphatic carbocycles. The second-order valence-electron chi connectivity index (χ2n) is 3.35. The van der Waals surface area contributed by atoms with Crippen molar-refractivity contribution in [3.63, 3.8) is 0 Å². The Hall–Kier alpha value is -0.520. The predicted molar refractivity (Wildman–Crippen MR) is 70.2 cm³/mol. The first-order valence-electron chi connectivity index (χ1n) is 5.00. The van der Waals surface area contributed by atoms with Crippen LogP contribution in [-0.4, -0.2) is 36.2 Å². The maximum Gasteiger partial charge on any atom is 0.250 e. The van der Waals surface area contributed by atoms with Gasteiger partial charge in [0.2, 0.25) is 20.0 Å². The number of thiophene rings is 1. The van der Waals surface area contributed by atoms with Gasteiger partial charge in [-0.1, -0.05) is 0 Å². The highest BCUT2D eigenvalue weighted by molar-refractivity contribution is 7.92. The highest BCUT2D eigenvalue weighted by atomic mass is 32.2. The number of hydrogen-bond acceptors (Lipinski definition) is 6. The van der Waals surface area contributed by atoms with Crippen LogP contribution in [-0.2, 0) is 26.6 Å². The first-order chi connectivity index (χ1) is 8.30. The molecule has 1 rings (SSSR count). The molecule has 0 spiro atoms. The number of hydrogen-bond donors (Lipinski definition) is 3. The van der Waals surface area contributed by atoms with E-state index in [1.54, 1.807) is 6.07 Å². The summed E-state index contributed by atoms with van der Waals surface area (Å²) in [5.74, 6) is -0.308. The summed E-state index contributed by atoms with van der Waals surface area (Å²) in [5.41, 5.74) is 5.39. The van der Waals surface area contributed by atoms with E-state index in [2.05, 4.69) is 9.44 Å². The normalized spacial score (nSPS) is 12.8. The van der Waals surface area contributed by atoms with Crippen LogP contribution in [0.15, 0.2) is 16.3 Å². The van der Waals surface area contributed by atoms with Gasteiger partial charge in [0.1, 0.15) is 4.21 Å². The van der Waals surface area contributed by atoms with E-state index in [1.807, 2.05) is 0 Å². The minimum Gasteiger partial charge on any atom is -0.326 e. The Morgan fingerprint density at radius 2 is 1.94 bits per heavy atom. The summed E-state index contributed by atoms with van der Waals surface area (Å²) in [5, 5.41) is 0. The zero-order valence-corrected chi connectivity index (χ0v) is 12.2. The Morgan fingerprint density at radius 3 is 2.44 bits per heavy atom. The predicted octanol–water partition coefficient (Wildman–Crippen LogP) is -0.966. The maximum atomic E-state index is 11.8. The first kappa shape index (κ1) is 15.5. The van der Waals surface area contributed by atoms with Crippen molar-refractivity contribution in [2.45, 2.75) is 10.8 Å². The molecular weight excluding hydrogens is 298 g/mol. The Balaban J connectivity index is 2.66. The molecule has 1 heterocycles. The van der Waals surface area contributed by atoms with E-state index in [9.17, 15) is 16.8 Å². The molecule has 0 bridgehead atoms. The molecule has 0 saturated heterocycles. The zero-order valence-electron chi connectivity index (χ0n) is 9.71. The van der Waals surface area contributed by atoms with Crippen molar-refractivity contribution < 1.29 is 16.8 Å². The topological polar surface area (TPSA) is 118 Å². The molecule has 0 amide bonds. The van der Waals surface area contributed by atoms with Gasteiger partial charge in [0.15, 0.2) is 0 Å². The Labute approximate surface area is 110 Å². The average molecular weight is 313 g/mol. The molecule has 18 heavy (non-hydrogen) atoms. The van der Waals surface area contributed by atoms with Gasteiger partial charge >= 0.3 is 0 Å². The molecule has 0 atom stereocenters. The van der Waals surface area contributed by atoms with Crippen molar-refractivity contribution in [1.29, 1.82) is 0 Å². The van der Waals surface area contributed by atoms with Crippen molar-refractivity contribution in [1.82, 2.24) is 9.44 Å². The van der Waals surface area contributed by atoms with Gasteiger partial charge in [0.05, 0.1) is 5.75 Å². The van der Waals surface area contributed by atoms with E-state index < -0.39 is 20.0 Å². The van der Waals surface area contributed by atoms with E-state index in [-0.39, 0.29) is 23.1 Å². The second-order valence-corrected chi connectivity index (χ2v) is 8.55. The van der Waals surface area contributed by atoms with Crippen LogP contribution < -0.4 is 15.2 Å². The molecule has 1 aromatic rings. The summed E-state index contributed by atoms with van der Waals surface area (Å²) in [7, 11) is -5.80. The number of rotatable bonds is 7. The molecule has 0 aromatic carbocycles. The largest absolute Gasteiger partial charge is 0.326 e. The van der Waals surface area contributed by atoms with Crippen LogP contribution in [0, 0.1) is 0 Å². The van der Waals surface area contributed by atoms with Crippen molar-refractivity contribution >= 4 is 31.4 Å². The molecule has 0 unspecified atom stereocenters. The van der Waals surface area contributed by atoms with Gasteiger partial charge in [-0.05, 0) is 19.2 Å². The van der Waals surface area contributed by atoms with Crippen molar-refractivity contribution in [3.05, 3.63) is 17.0 Å². The molecule has 4 N–H and O–H groups in total. The average Bonchev–Trinajstić information content (AvgIpc) is 2.77. The highest BCUT2D eigenvalue weighted by Gasteiger charge is 2.17. The van der Waals surface area contributed by atoms with Gasteiger partial charge in [0, 0.05) is 18.0 Å². The quantitative estimate of drug-likeness (QED) is 0.599. The molecular formula is C8H15N3O4S3. The summed E-state index contributed by atoms with van der Waals surface area (Å²) in [6.07, 6.45) is 0. The Bertz CT molecular complexity index is 591. The molecule has 7 nitrogen and oxygen atoms in total. The van der Waals surface area contributed by atoms with Gasteiger partial charge < -0.3 is 5.73 Å². The smallest absolute Gasteiger partial charge is 0.250 e. The molecule has 104 valence electrons. The fraction of sp³-hybridized carbons (Fsp3) is 0.500. The van der Waals surface area contributed by atoms with Crippen molar-refractivity contribution in [3.8, 4) is 0 Å². The van der Waals surface area contributed by atoms with Gasteiger partial charge in [-0.3, -0.25) is 0 Å². The lowest BCUT2D eigenvalue weighted by Gasteiger charge is -2.04. The molecule has 0 aliphatic rings. The van der Waals surface area contributed by atoms with Crippen LogP contribution in [0.5, 0.6) is 0 Å². The van der Waals surface area contributed by atoms with E-state index in [1.165, 1.54) is 13.1 Å². The monoisotopic (exact) mass is 313 g/mol. The highest BCUT2D eigenvalue weighted by Crippen LogP contribution is 2.20. The molecule has 0 aliphatic heterocycles. The molecule has 1 aromatic heterocycles. The third-order valence-electron chi connectivity index (χ3n) is 2.08. The minimum atomic E-state index is -3.66. The van der Waals surface area contributed by atoms with Crippen LogP contribution in [0.2, 0.25) is 0 Å². The van der Waals surface area contributed by atoms with Crippen molar-refractivity contribution in [2.75, 3.05) is 19.3 Å². The van der Waals surface area contributed by atoms with E-state index in [4.69, 9.17) is 5.73 Å². The first-order valence-corrected chi connectivity index (χ1v) is 8.95. The lowest BCUT2D eigenvalue weighted by molar-refractivity contribution is 0.580. The van der Waals surface area contributed by atoms with Crippen molar-refractivity contribution in [2.24, 2.45) is 5.73 Å². The van der Waals surface area contributed by atoms with Gasteiger partial charge in [-0.2, -0.15) is 0 Å². The molecule has 0 saturated carbocycles. The SMILES string of the molecule is CNS(=O)(=O)CCNS(=O)(=O)c1ccc(CN)s1. The summed E-state index contributed by atoms with van der Waals surface area (Å²) in [6.45, 7) is 0.0929. The third kappa shape index (κ3) is 4.30. The number of nitrogens with one attached hydrogen (secondary N) is 2. The Morgan fingerprint density at radius 1 is 1.28 bits per heavy atom. The summed E-state index contributed by atoms with van der Waals surface area (Å²) in [6, 6.07) is 3.07. The number of nitrogens with two attached hydrogens (primary N) is 1. The van der Waals surface area contributed by atoms with Gasteiger partial charge in [-0.25, -0.2) is 26.3 Å². The fourth-order valence-corrected chi connectivity index (χ4v) is 4.11. The second kappa shape index (κ2) is 6.08. The standard InChI is InChI=1S/C8H15N3O4S3/c1-10-17(12,13)5-4-11-18(14,15)8-3-2-7(6-9)16-8/h2-3,10-11H,4-6,9H2,1H3. The lowest BCUT2D eigenvalue weighted by atomic mass is 10.5. The lowest BCUT2D eigenvalue weighted by Crippen LogP contribution is -2.32. The molecule has 0 radical (unpaired) electrons. The summed E-state index contributed by atoms with van der Waals surface area (Å²) >= 11 is 1.06. The fourth-order valence-electron chi connectivity index (χ4n) is 1.10. The maximum absolute atomic E-state index is 11.8. The summed E-state index contributed by atoms with van der Waals surface area (Å²) < 4.78 is 50.2. The van der Waals surface area contributed by atoms with Gasteiger partial charge in [0.25, 0.3) is 0 Å². The van der Waals surface area contributed by atoms with Crippen LogP contribution in [0.1, 0.15) is 4.88 Å². The Kier molecular flexibility index (Phi) is 5.25. The zero-order chi connectivity index (χ0) is 13.8. The van der Waals surface area contributed by atoms with Crippen LogP contribution in [0.25, 0.3) is 0 Å². The minimum absolute atomic E-state index is 0.129. The molecule has 0 fully saturated rings. The van der Waals surface area contributed by atoms with E-state index >= 15 is 0 Å². The van der Waals surface area contributed by atoms with E-state index in [0.29, 0.717) is 0 Å². The van der Waals surface area contributed by atoms with E-state index in [0.717, 1.165) is 16.2 Å². The van der Waals surface area contributed by atoms with Crippen LogP contribution in [0.4, 0.5) is 0 Å². The number of sulfonamides is 2. The van der Waals surface area contributed by atoms with Gasteiger partial charge in [-0.15, -0.1) is 11.3 Å². The van der Waals surface area contributed by atoms with Crippen LogP contribution >= 0.6 is 11.3 Å².